The fourth-order valence-electron chi connectivity index (χ4n) is 2.99. The van der Waals surface area contributed by atoms with E-state index in [2.05, 4.69) is 9.97 Å². The molecule has 0 aliphatic rings. The van der Waals surface area contributed by atoms with Crippen molar-refractivity contribution in [1.29, 1.82) is 0 Å². The molecule has 0 unspecified atom stereocenters. The Balaban J connectivity index is 2.05. The molecule has 9 nitrogen and oxygen atoms in total. The third kappa shape index (κ3) is 5.03. The highest BCUT2D eigenvalue weighted by Crippen LogP contribution is 2.27. The van der Waals surface area contributed by atoms with E-state index in [0.717, 1.165) is 4.31 Å². The normalized spacial score (nSPS) is 11.6. The van der Waals surface area contributed by atoms with Crippen LogP contribution in [0.5, 0.6) is 5.75 Å². The van der Waals surface area contributed by atoms with Crippen molar-refractivity contribution in [3.05, 3.63) is 74.1 Å². The number of carbonyl (C=O) groups is 1. The molecule has 0 radical (unpaired) electrons. The Labute approximate surface area is 200 Å². The lowest BCUT2D eigenvalue weighted by Crippen LogP contribution is -2.29. The fourth-order valence-corrected chi connectivity index (χ4v) is 4.40. The highest BCUT2D eigenvalue weighted by Gasteiger charge is 2.26. The molecule has 1 amide bonds. The van der Waals surface area contributed by atoms with Gasteiger partial charge in [-0.1, -0.05) is 41.4 Å². The van der Waals surface area contributed by atoms with Crippen LogP contribution < -0.4 is 5.56 Å². The summed E-state index contributed by atoms with van der Waals surface area (Å²) in [7, 11) is 0.304. The molecule has 12 heteroatoms. The van der Waals surface area contributed by atoms with Crippen LogP contribution in [-0.2, 0) is 16.6 Å². The molecular formula is C21H20Cl2N4O5S. The fraction of sp³-hybridized carbons (Fsp3) is 0.190. The summed E-state index contributed by atoms with van der Waals surface area (Å²) in [6.07, 6.45) is 0. The smallest absolute Gasteiger partial charge is 0.294 e. The van der Waals surface area contributed by atoms with E-state index in [1.54, 1.807) is 24.3 Å². The molecule has 1 heterocycles. The van der Waals surface area contributed by atoms with Gasteiger partial charge in [-0.15, -0.1) is 0 Å². The van der Waals surface area contributed by atoms with Crippen LogP contribution >= 0.6 is 23.2 Å². The summed E-state index contributed by atoms with van der Waals surface area (Å²) < 4.78 is 26.5. The molecule has 0 spiro atoms. The number of nitrogens with zero attached hydrogens (tertiary/aromatic N) is 3. The van der Waals surface area contributed by atoms with E-state index in [1.165, 1.54) is 44.2 Å². The Morgan fingerprint density at radius 1 is 1.09 bits per heavy atom. The minimum atomic E-state index is -3.89. The first-order valence-electron chi connectivity index (χ1n) is 9.48. The summed E-state index contributed by atoms with van der Waals surface area (Å²) in [6.45, 7) is 0.0879. The van der Waals surface area contributed by atoms with Gasteiger partial charge < -0.3 is 15.0 Å². The Kier molecular flexibility index (Phi) is 7.13. The second-order valence-corrected chi connectivity index (χ2v) is 10.2. The molecule has 174 valence electrons. The average molecular weight is 511 g/mol. The van der Waals surface area contributed by atoms with Gasteiger partial charge in [-0.25, -0.2) is 17.7 Å². The summed E-state index contributed by atoms with van der Waals surface area (Å²) in [5.74, 6) is -1.80. The highest BCUT2D eigenvalue weighted by atomic mass is 35.5. The largest absolute Gasteiger partial charge is 0.501 e. The maximum atomic E-state index is 13.0. The van der Waals surface area contributed by atoms with E-state index < -0.39 is 32.9 Å². The molecule has 3 rings (SSSR count). The van der Waals surface area contributed by atoms with Gasteiger partial charge in [0.1, 0.15) is 5.82 Å². The third-order valence-corrected chi connectivity index (χ3v) is 7.36. The van der Waals surface area contributed by atoms with Gasteiger partial charge in [0.2, 0.25) is 15.8 Å². The standard InChI is InChI=1S/C21H20Cl2N4O5S/c1-26(2)33(31,32)16-7-5-4-6-13(16)19-24-17(18(28)20(29)25-19)21(30)27(3)11-12-8-9-14(22)15(23)10-12/h4-10,28H,11H2,1-3H3,(H,24,25,29). The number of rotatable bonds is 6. The van der Waals surface area contributed by atoms with Gasteiger partial charge in [0, 0.05) is 33.3 Å². The number of H-pyrrole nitrogens is 1. The van der Waals surface area contributed by atoms with Gasteiger partial charge in [0.05, 0.1) is 14.9 Å². The first-order chi connectivity index (χ1) is 15.4. The molecule has 0 fully saturated rings. The van der Waals surface area contributed by atoms with Crippen LogP contribution in [0.15, 0.2) is 52.2 Å². The first-order valence-corrected chi connectivity index (χ1v) is 11.7. The molecule has 1 aromatic heterocycles. The number of hydrogen-bond donors (Lipinski definition) is 2. The molecule has 2 N–H and O–H groups in total. The number of amides is 1. The van der Waals surface area contributed by atoms with E-state index in [1.807, 2.05) is 0 Å². The number of hydrogen-bond acceptors (Lipinski definition) is 6. The Morgan fingerprint density at radius 3 is 2.39 bits per heavy atom. The molecule has 0 bridgehead atoms. The van der Waals surface area contributed by atoms with E-state index >= 15 is 0 Å². The molecule has 3 aromatic rings. The number of aromatic hydroxyl groups is 1. The second kappa shape index (κ2) is 9.52. The summed E-state index contributed by atoms with van der Waals surface area (Å²) in [5.41, 5.74) is -0.770. The number of nitrogens with one attached hydrogen (secondary N) is 1. The van der Waals surface area contributed by atoms with E-state index in [9.17, 15) is 23.1 Å². The molecular weight excluding hydrogens is 491 g/mol. The van der Waals surface area contributed by atoms with Crippen LogP contribution in [0, 0.1) is 0 Å². The predicted molar refractivity (Wildman–Crippen MR) is 125 cm³/mol. The van der Waals surface area contributed by atoms with Gasteiger partial charge >= 0.3 is 0 Å². The van der Waals surface area contributed by atoms with Crippen molar-refractivity contribution < 1.29 is 18.3 Å². The quantitative estimate of drug-likeness (QED) is 0.525. The number of halogens is 2. The molecule has 2 aromatic carbocycles. The maximum absolute atomic E-state index is 13.0. The number of carbonyl (C=O) groups excluding carboxylic acids is 1. The number of aromatic amines is 1. The van der Waals surface area contributed by atoms with Crippen LogP contribution in [0.1, 0.15) is 16.1 Å². The lowest BCUT2D eigenvalue weighted by atomic mass is 10.2. The van der Waals surface area contributed by atoms with Crippen LogP contribution in [0.3, 0.4) is 0 Å². The minimum Gasteiger partial charge on any atom is -0.501 e. The maximum Gasteiger partial charge on any atom is 0.294 e. The van der Waals surface area contributed by atoms with Crippen LogP contribution in [0.25, 0.3) is 11.4 Å². The van der Waals surface area contributed by atoms with Crippen molar-refractivity contribution >= 4 is 39.1 Å². The SMILES string of the molecule is CN(Cc1ccc(Cl)c(Cl)c1)C(=O)c1nc(-c2ccccc2S(=O)(=O)N(C)C)[nH]c(=O)c1O. The van der Waals surface area contributed by atoms with Crippen molar-refractivity contribution in [1.82, 2.24) is 19.2 Å². The van der Waals surface area contributed by atoms with Crippen molar-refractivity contribution in [3.63, 3.8) is 0 Å². The molecule has 33 heavy (non-hydrogen) atoms. The molecule has 0 aliphatic carbocycles. The zero-order chi connectivity index (χ0) is 24.5. The summed E-state index contributed by atoms with van der Waals surface area (Å²) >= 11 is 11.9. The van der Waals surface area contributed by atoms with E-state index in [0.29, 0.717) is 15.6 Å². The Morgan fingerprint density at radius 2 is 1.76 bits per heavy atom. The number of aromatic nitrogens is 2. The van der Waals surface area contributed by atoms with Gasteiger partial charge in [-0.05, 0) is 29.8 Å². The van der Waals surface area contributed by atoms with Gasteiger partial charge in [0.25, 0.3) is 11.5 Å². The summed E-state index contributed by atoms with van der Waals surface area (Å²) in [5, 5.41) is 10.9. The molecule has 0 atom stereocenters. The van der Waals surface area contributed by atoms with E-state index in [-0.39, 0.29) is 22.8 Å². The second-order valence-electron chi connectivity index (χ2n) is 7.31. The number of benzene rings is 2. The van der Waals surface area contributed by atoms with Crippen LogP contribution in [0.2, 0.25) is 10.0 Å². The lowest BCUT2D eigenvalue weighted by molar-refractivity contribution is 0.0775. The van der Waals surface area contributed by atoms with Crippen molar-refractivity contribution in [3.8, 4) is 17.1 Å². The first kappa shape index (κ1) is 24.7. The Bertz CT molecular complexity index is 1390. The predicted octanol–water partition coefficient (Wildman–Crippen LogP) is 2.97. The van der Waals surface area contributed by atoms with Gasteiger partial charge in [-0.2, -0.15) is 0 Å². The highest BCUT2D eigenvalue weighted by molar-refractivity contribution is 7.89. The average Bonchev–Trinajstić information content (AvgIpc) is 2.77. The Hall–Kier alpha value is -2.92. The molecule has 0 saturated carbocycles. The third-order valence-electron chi connectivity index (χ3n) is 4.75. The summed E-state index contributed by atoms with van der Waals surface area (Å²) in [4.78, 5) is 33.0. The minimum absolute atomic E-state index is 0.0736. The zero-order valence-corrected chi connectivity index (χ0v) is 20.2. The van der Waals surface area contributed by atoms with Crippen molar-refractivity contribution in [2.75, 3.05) is 21.1 Å². The van der Waals surface area contributed by atoms with Crippen molar-refractivity contribution in [2.45, 2.75) is 11.4 Å². The number of sulfonamides is 1. The van der Waals surface area contributed by atoms with Crippen LogP contribution in [-0.4, -0.2) is 59.7 Å². The van der Waals surface area contributed by atoms with Gasteiger partial charge in [-0.3, -0.25) is 9.59 Å². The van der Waals surface area contributed by atoms with Crippen molar-refractivity contribution in [2.24, 2.45) is 0 Å². The zero-order valence-electron chi connectivity index (χ0n) is 17.8. The molecule has 0 saturated heterocycles. The van der Waals surface area contributed by atoms with Gasteiger partial charge in [0.15, 0.2) is 5.69 Å². The lowest BCUT2D eigenvalue weighted by Gasteiger charge is -2.18. The van der Waals surface area contributed by atoms with E-state index in [4.69, 9.17) is 23.2 Å². The van der Waals surface area contributed by atoms with Crippen LogP contribution in [0.4, 0.5) is 0 Å². The monoisotopic (exact) mass is 510 g/mol. The molecule has 0 aliphatic heterocycles. The summed E-state index contributed by atoms with van der Waals surface area (Å²) in [6, 6.07) is 10.7. The topological polar surface area (TPSA) is 124 Å².